The molecule has 2 aromatic heterocycles. The Hall–Kier alpha value is -2.47. The highest BCUT2D eigenvalue weighted by molar-refractivity contribution is 7.14. The number of nitrogens with zero attached hydrogens (tertiary/aromatic N) is 1. The van der Waals surface area contributed by atoms with E-state index in [9.17, 15) is 9.59 Å². The van der Waals surface area contributed by atoms with Crippen LogP contribution in [0.1, 0.15) is 33.3 Å². The number of Topliss-reactive ketones (excluding diaryl/α,β-unsaturated/α-hetero) is 1. The monoisotopic (exact) mass is 328 g/mol. The summed E-state index contributed by atoms with van der Waals surface area (Å²) in [7, 11) is 0. The summed E-state index contributed by atoms with van der Waals surface area (Å²) in [6, 6.07) is 9.00. The summed E-state index contributed by atoms with van der Waals surface area (Å²) >= 11 is 1.46. The molecule has 0 aliphatic rings. The molecule has 0 bridgehead atoms. The second-order valence-corrected chi connectivity index (χ2v) is 6.58. The number of nitrogens with one attached hydrogen (secondary N) is 1. The molecule has 0 aliphatic heterocycles. The predicted molar refractivity (Wildman–Crippen MR) is 90.0 cm³/mol. The lowest BCUT2D eigenvalue weighted by Gasteiger charge is -2.04. The van der Waals surface area contributed by atoms with Crippen molar-refractivity contribution in [2.24, 2.45) is 0 Å². The first-order chi connectivity index (χ1) is 11.0. The van der Waals surface area contributed by atoms with Crippen molar-refractivity contribution in [3.8, 4) is 0 Å². The number of carbonyl (C=O) groups excluding carboxylic acids is 2. The van der Waals surface area contributed by atoms with Crippen LogP contribution in [0.2, 0.25) is 0 Å². The summed E-state index contributed by atoms with van der Waals surface area (Å²) in [5.74, 6) is 0.396. The fraction of sp³-hybridized carbons (Fsp3) is 0.235. The smallest absolute Gasteiger partial charge is 0.224 e. The van der Waals surface area contributed by atoms with Gasteiger partial charge in [0.1, 0.15) is 5.52 Å². The second kappa shape index (κ2) is 6.34. The van der Waals surface area contributed by atoms with Crippen LogP contribution in [0.5, 0.6) is 0 Å². The number of aromatic nitrogens is 1. The van der Waals surface area contributed by atoms with Crippen molar-refractivity contribution >= 4 is 39.8 Å². The van der Waals surface area contributed by atoms with Gasteiger partial charge >= 0.3 is 0 Å². The number of oxazole rings is 1. The fourth-order valence-corrected chi connectivity index (χ4v) is 3.11. The minimum Gasteiger partial charge on any atom is -0.441 e. The lowest BCUT2D eigenvalue weighted by Crippen LogP contribution is -2.13. The molecule has 0 fully saturated rings. The lowest BCUT2D eigenvalue weighted by atomic mass is 10.2. The number of hydrogen-bond donors (Lipinski definition) is 1. The molecule has 6 heteroatoms. The van der Waals surface area contributed by atoms with Crippen molar-refractivity contribution < 1.29 is 14.0 Å². The predicted octanol–water partition coefficient (Wildman–Crippen LogP) is 4.11. The molecule has 2 heterocycles. The minimum absolute atomic E-state index is 0.000767. The number of ketones is 1. The first-order valence-corrected chi connectivity index (χ1v) is 8.09. The van der Waals surface area contributed by atoms with Crippen LogP contribution < -0.4 is 5.32 Å². The zero-order valence-corrected chi connectivity index (χ0v) is 13.7. The van der Waals surface area contributed by atoms with Crippen LogP contribution in [0, 0.1) is 13.8 Å². The van der Waals surface area contributed by atoms with E-state index in [-0.39, 0.29) is 24.5 Å². The molecule has 0 aliphatic carbocycles. The maximum Gasteiger partial charge on any atom is 0.224 e. The average Bonchev–Trinajstić information content (AvgIpc) is 3.09. The number of amides is 1. The quantitative estimate of drug-likeness (QED) is 0.715. The maximum absolute atomic E-state index is 12.0. The number of rotatable bonds is 5. The van der Waals surface area contributed by atoms with Gasteiger partial charge < -0.3 is 9.73 Å². The number of thiophene rings is 1. The van der Waals surface area contributed by atoms with Gasteiger partial charge in [-0.05, 0) is 37.3 Å². The molecule has 3 aromatic rings. The van der Waals surface area contributed by atoms with Gasteiger partial charge in [0.05, 0.1) is 4.88 Å². The maximum atomic E-state index is 12.0. The Balaban J connectivity index is 1.58. The van der Waals surface area contributed by atoms with Crippen LogP contribution in [0.3, 0.4) is 0 Å². The molecule has 1 N–H and O–H groups in total. The molecule has 0 radical (unpaired) electrons. The number of carbonyl (C=O) groups is 2. The third kappa shape index (κ3) is 3.65. The second-order valence-electron chi connectivity index (χ2n) is 5.30. The van der Waals surface area contributed by atoms with Crippen molar-refractivity contribution in [2.75, 3.05) is 5.32 Å². The number of fused-ring (bicyclic) bond motifs is 1. The molecule has 118 valence electrons. The summed E-state index contributed by atoms with van der Waals surface area (Å²) in [5, 5.41) is 2.79. The Bertz CT molecular complexity index is 879. The molecule has 0 unspecified atom stereocenters. The Morgan fingerprint density at radius 1 is 1.17 bits per heavy atom. The Kier molecular flexibility index (Phi) is 4.25. The van der Waals surface area contributed by atoms with E-state index in [1.54, 1.807) is 31.2 Å². The number of aryl methyl sites for hydroxylation is 2. The van der Waals surface area contributed by atoms with Gasteiger partial charge in [0, 0.05) is 30.3 Å². The summed E-state index contributed by atoms with van der Waals surface area (Å²) in [6.07, 6.45) is 0.364. The summed E-state index contributed by atoms with van der Waals surface area (Å²) < 4.78 is 5.39. The van der Waals surface area contributed by atoms with Crippen LogP contribution in [-0.2, 0) is 4.79 Å². The summed E-state index contributed by atoms with van der Waals surface area (Å²) in [6.45, 7) is 3.73. The number of benzene rings is 1. The Morgan fingerprint density at radius 2 is 2.00 bits per heavy atom. The van der Waals surface area contributed by atoms with Crippen LogP contribution in [-0.4, -0.2) is 16.7 Å². The highest BCUT2D eigenvalue weighted by Crippen LogP contribution is 2.20. The van der Waals surface area contributed by atoms with E-state index in [2.05, 4.69) is 10.3 Å². The SMILES string of the molecule is Cc1nc2cc(NC(=O)CCC(=O)c3ccc(C)s3)ccc2o1. The van der Waals surface area contributed by atoms with Crippen molar-refractivity contribution in [2.45, 2.75) is 26.7 Å². The van der Waals surface area contributed by atoms with E-state index >= 15 is 0 Å². The molecule has 1 aromatic carbocycles. The summed E-state index contributed by atoms with van der Waals surface area (Å²) in [5.41, 5.74) is 2.03. The van der Waals surface area contributed by atoms with Crippen molar-refractivity contribution in [1.29, 1.82) is 0 Å². The van der Waals surface area contributed by atoms with Gasteiger partial charge in [0.15, 0.2) is 17.3 Å². The van der Waals surface area contributed by atoms with E-state index in [4.69, 9.17) is 4.42 Å². The molecule has 0 spiro atoms. The van der Waals surface area contributed by atoms with Crippen LogP contribution in [0.4, 0.5) is 5.69 Å². The van der Waals surface area contributed by atoms with Gasteiger partial charge in [-0.2, -0.15) is 0 Å². The van der Waals surface area contributed by atoms with Gasteiger partial charge in [0.25, 0.3) is 0 Å². The zero-order valence-electron chi connectivity index (χ0n) is 12.9. The average molecular weight is 328 g/mol. The topological polar surface area (TPSA) is 72.2 Å². The molecule has 0 atom stereocenters. The van der Waals surface area contributed by atoms with Gasteiger partial charge in [-0.15, -0.1) is 11.3 Å². The minimum atomic E-state index is -0.189. The van der Waals surface area contributed by atoms with Crippen LogP contribution in [0.15, 0.2) is 34.7 Å². The van der Waals surface area contributed by atoms with Gasteiger partial charge in [0.2, 0.25) is 5.91 Å². The largest absolute Gasteiger partial charge is 0.441 e. The molecule has 23 heavy (non-hydrogen) atoms. The van der Waals surface area contributed by atoms with Crippen molar-refractivity contribution in [1.82, 2.24) is 4.98 Å². The van der Waals surface area contributed by atoms with Gasteiger partial charge in [-0.25, -0.2) is 4.98 Å². The Labute approximate surface area is 137 Å². The van der Waals surface area contributed by atoms with E-state index in [0.29, 0.717) is 27.6 Å². The van der Waals surface area contributed by atoms with Crippen LogP contribution >= 0.6 is 11.3 Å². The van der Waals surface area contributed by atoms with Crippen molar-refractivity contribution in [3.05, 3.63) is 46.0 Å². The van der Waals surface area contributed by atoms with E-state index in [0.717, 1.165) is 4.88 Å². The molecule has 0 saturated carbocycles. The lowest BCUT2D eigenvalue weighted by molar-refractivity contribution is -0.116. The van der Waals surface area contributed by atoms with E-state index < -0.39 is 0 Å². The van der Waals surface area contributed by atoms with Crippen LogP contribution in [0.25, 0.3) is 11.1 Å². The molecule has 0 saturated heterocycles. The van der Waals surface area contributed by atoms with Crippen molar-refractivity contribution in [3.63, 3.8) is 0 Å². The fourth-order valence-electron chi connectivity index (χ4n) is 2.28. The number of hydrogen-bond acceptors (Lipinski definition) is 5. The third-order valence-corrected chi connectivity index (χ3v) is 4.41. The molecule has 5 nitrogen and oxygen atoms in total. The standard InChI is InChI=1S/C17H16N2O3S/c1-10-3-7-16(23-10)14(20)5-8-17(21)19-12-4-6-15-13(9-12)18-11(2)22-15/h3-4,6-7,9H,5,8H2,1-2H3,(H,19,21). The number of anilines is 1. The zero-order chi connectivity index (χ0) is 16.4. The molecular weight excluding hydrogens is 312 g/mol. The Morgan fingerprint density at radius 3 is 2.74 bits per heavy atom. The molecular formula is C17H16N2O3S. The normalized spacial score (nSPS) is 10.9. The first kappa shape index (κ1) is 15.4. The molecule has 1 amide bonds. The highest BCUT2D eigenvalue weighted by atomic mass is 32.1. The summed E-state index contributed by atoms with van der Waals surface area (Å²) in [4.78, 5) is 30.0. The molecule has 3 rings (SSSR count). The first-order valence-electron chi connectivity index (χ1n) is 7.28. The van der Waals surface area contributed by atoms with E-state index in [1.165, 1.54) is 11.3 Å². The van der Waals surface area contributed by atoms with E-state index in [1.807, 2.05) is 13.0 Å². The van der Waals surface area contributed by atoms with Gasteiger partial charge in [-0.1, -0.05) is 0 Å². The highest BCUT2D eigenvalue weighted by Gasteiger charge is 2.12. The third-order valence-electron chi connectivity index (χ3n) is 3.37. The van der Waals surface area contributed by atoms with Gasteiger partial charge in [-0.3, -0.25) is 9.59 Å².